The van der Waals surface area contributed by atoms with Crippen molar-refractivity contribution in [2.24, 2.45) is 7.05 Å². The number of aliphatic hydroxyl groups excluding tert-OH is 1. The Bertz CT molecular complexity index is 869. The van der Waals surface area contributed by atoms with Crippen molar-refractivity contribution in [2.45, 2.75) is 20.0 Å². The molecule has 0 saturated carbocycles. The van der Waals surface area contributed by atoms with Crippen LogP contribution in [0.25, 0.3) is 21.9 Å². The molecule has 0 radical (unpaired) electrons. The molecule has 0 aliphatic heterocycles. The van der Waals surface area contributed by atoms with Crippen molar-refractivity contribution in [2.75, 3.05) is 32.5 Å². The molecule has 3 rings (SSSR count). The van der Waals surface area contributed by atoms with Crippen LogP contribution < -0.4 is 5.32 Å². The fourth-order valence-corrected chi connectivity index (χ4v) is 3.09. The molecule has 2 heterocycles. The Morgan fingerprint density at radius 1 is 1.29 bits per heavy atom. The highest BCUT2D eigenvalue weighted by Crippen LogP contribution is 2.33. The van der Waals surface area contributed by atoms with Crippen molar-refractivity contribution in [3.05, 3.63) is 29.5 Å². The van der Waals surface area contributed by atoms with Crippen LogP contribution in [0.2, 0.25) is 0 Å². The maximum absolute atomic E-state index is 9.40. The lowest BCUT2D eigenvalue weighted by molar-refractivity contribution is 0.282. The molecule has 24 heavy (non-hydrogen) atoms. The molecule has 0 saturated heterocycles. The molecule has 0 fully saturated rings. The summed E-state index contributed by atoms with van der Waals surface area (Å²) in [5, 5.41) is 19.7. The lowest BCUT2D eigenvalue weighted by Gasteiger charge is -2.14. The average Bonchev–Trinajstić information content (AvgIpc) is 2.84. The number of pyridine rings is 1. The Morgan fingerprint density at radius 2 is 2.08 bits per heavy atom. The molecule has 0 bridgehead atoms. The van der Waals surface area contributed by atoms with Crippen LogP contribution in [0.4, 0.5) is 5.69 Å². The first-order valence-electron chi connectivity index (χ1n) is 8.26. The van der Waals surface area contributed by atoms with Crippen LogP contribution in [0.15, 0.2) is 18.2 Å². The van der Waals surface area contributed by atoms with E-state index in [-0.39, 0.29) is 6.61 Å². The molecule has 0 aliphatic carbocycles. The normalized spacial score (nSPS) is 11.8. The molecule has 1 aromatic carbocycles. The second kappa shape index (κ2) is 6.75. The van der Waals surface area contributed by atoms with Gasteiger partial charge >= 0.3 is 0 Å². The lowest BCUT2D eigenvalue weighted by atomic mass is 10.1. The summed E-state index contributed by atoms with van der Waals surface area (Å²) < 4.78 is 1.82. The van der Waals surface area contributed by atoms with Gasteiger partial charge in [-0.3, -0.25) is 4.68 Å². The monoisotopic (exact) mass is 327 g/mol. The third-order valence-electron chi connectivity index (χ3n) is 4.27. The van der Waals surface area contributed by atoms with E-state index in [2.05, 4.69) is 29.4 Å². The number of hydrogen-bond acceptors (Lipinski definition) is 5. The van der Waals surface area contributed by atoms with E-state index in [0.29, 0.717) is 0 Å². The number of rotatable bonds is 6. The number of fused-ring (bicyclic) bond motifs is 2. The summed E-state index contributed by atoms with van der Waals surface area (Å²) in [6, 6.07) is 5.93. The summed E-state index contributed by atoms with van der Waals surface area (Å²) >= 11 is 0. The zero-order chi connectivity index (χ0) is 17.3. The Labute approximate surface area is 142 Å². The van der Waals surface area contributed by atoms with Crippen LogP contribution in [0, 0.1) is 6.92 Å². The fraction of sp³-hybridized carbons (Fsp3) is 0.444. The number of nitrogens with zero attached hydrogens (tertiary/aromatic N) is 4. The summed E-state index contributed by atoms with van der Waals surface area (Å²) in [5.74, 6) is 0. The molecule has 6 heteroatoms. The number of hydrogen-bond donors (Lipinski definition) is 2. The van der Waals surface area contributed by atoms with Gasteiger partial charge in [0.2, 0.25) is 0 Å². The van der Waals surface area contributed by atoms with E-state index >= 15 is 0 Å². The Hall–Kier alpha value is -2.18. The molecule has 3 aromatic rings. The van der Waals surface area contributed by atoms with Gasteiger partial charge in [0.25, 0.3) is 0 Å². The Kier molecular flexibility index (Phi) is 4.69. The molecule has 128 valence electrons. The first-order chi connectivity index (χ1) is 11.5. The second-order valence-electron chi connectivity index (χ2n) is 6.49. The fourth-order valence-electron chi connectivity index (χ4n) is 3.09. The lowest BCUT2D eigenvalue weighted by Crippen LogP contribution is -2.16. The number of benzene rings is 1. The average molecular weight is 327 g/mol. The quantitative estimate of drug-likeness (QED) is 0.680. The first kappa shape index (κ1) is 16.7. The van der Waals surface area contributed by atoms with E-state index < -0.39 is 0 Å². The van der Waals surface area contributed by atoms with Gasteiger partial charge in [-0.2, -0.15) is 5.10 Å². The molecule has 0 spiro atoms. The van der Waals surface area contributed by atoms with Gasteiger partial charge in [-0.1, -0.05) is 12.1 Å². The van der Waals surface area contributed by atoms with E-state index in [0.717, 1.165) is 58.4 Å². The van der Waals surface area contributed by atoms with Crippen molar-refractivity contribution in [3.63, 3.8) is 0 Å². The predicted molar refractivity (Wildman–Crippen MR) is 98.3 cm³/mol. The Morgan fingerprint density at radius 3 is 2.79 bits per heavy atom. The van der Waals surface area contributed by atoms with E-state index in [4.69, 9.17) is 4.98 Å². The van der Waals surface area contributed by atoms with Gasteiger partial charge in [-0.25, -0.2) is 4.98 Å². The summed E-state index contributed by atoms with van der Waals surface area (Å²) in [4.78, 5) is 6.95. The minimum Gasteiger partial charge on any atom is -0.392 e. The molecule has 0 unspecified atom stereocenters. The van der Waals surface area contributed by atoms with Crippen molar-refractivity contribution in [1.29, 1.82) is 0 Å². The molecular weight excluding hydrogens is 302 g/mol. The number of anilines is 1. The van der Waals surface area contributed by atoms with Gasteiger partial charge < -0.3 is 15.3 Å². The van der Waals surface area contributed by atoms with Crippen molar-refractivity contribution in [3.8, 4) is 0 Å². The molecule has 0 aliphatic rings. The Balaban J connectivity index is 2.10. The standard InChI is InChI=1S/C18H25N5O/c1-12-16-17(19-8-5-9-22(2)3)14-7-6-13(11-24)10-15(14)20-18(16)23(4)21-12/h6-7,10,24H,5,8-9,11H2,1-4H3,(H,19,20). The summed E-state index contributed by atoms with van der Waals surface area (Å²) in [7, 11) is 6.09. The smallest absolute Gasteiger partial charge is 0.160 e. The van der Waals surface area contributed by atoms with Gasteiger partial charge in [0.05, 0.1) is 28.9 Å². The summed E-state index contributed by atoms with van der Waals surface area (Å²) in [6.07, 6.45) is 1.06. The maximum Gasteiger partial charge on any atom is 0.160 e. The largest absolute Gasteiger partial charge is 0.392 e. The van der Waals surface area contributed by atoms with Crippen LogP contribution in [0.1, 0.15) is 17.7 Å². The van der Waals surface area contributed by atoms with Gasteiger partial charge in [-0.15, -0.1) is 0 Å². The molecule has 6 nitrogen and oxygen atoms in total. The van der Waals surface area contributed by atoms with E-state index in [1.165, 1.54) is 0 Å². The third-order valence-corrected chi connectivity index (χ3v) is 4.27. The SMILES string of the molecule is Cc1nn(C)c2nc3cc(CO)ccc3c(NCCCN(C)C)c12. The van der Waals surface area contributed by atoms with Gasteiger partial charge in [-0.05, 0) is 45.6 Å². The number of aryl methyl sites for hydroxylation is 2. The van der Waals surface area contributed by atoms with Gasteiger partial charge in [0, 0.05) is 19.0 Å². The van der Waals surface area contributed by atoms with Crippen molar-refractivity contribution in [1.82, 2.24) is 19.7 Å². The topological polar surface area (TPSA) is 66.2 Å². The molecule has 2 N–H and O–H groups in total. The zero-order valence-corrected chi connectivity index (χ0v) is 14.8. The zero-order valence-electron chi connectivity index (χ0n) is 14.8. The molecule has 0 amide bonds. The van der Waals surface area contributed by atoms with E-state index in [1.54, 1.807) is 0 Å². The summed E-state index contributed by atoms with van der Waals surface area (Å²) in [5.41, 5.74) is 4.68. The number of aliphatic hydroxyl groups is 1. The highest BCUT2D eigenvalue weighted by atomic mass is 16.3. The maximum atomic E-state index is 9.40. The molecular formula is C18H25N5O. The predicted octanol–water partition coefficient (Wildman–Crippen LogP) is 2.29. The molecule has 2 aromatic heterocycles. The molecule has 0 atom stereocenters. The highest BCUT2D eigenvalue weighted by molar-refractivity contribution is 6.07. The van der Waals surface area contributed by atoms with Gasteiger partial charge in [0.1, 0.15) is 0 Å². The van der Waals surface area contributed by atoms with Crippen molar-refractivity contribution < 1.29 is 5.11 Å². The van der Waals surface area contributed by atoms with Crippen LogP contribution in [-0.2, 0) is 13.7 Å². The first-order valence-corrected chi connectivity index (χ1v) is 8.26. The van der Waals surface area contributed by atoms with E-state index in [9.17, 15) is 5.11 Å². The minimum atomic E-state index is 0.0195. The second-order valence-corrected chi connectivity index (χ2v) is 6.49. The highest BCUT2D eigenvalue weighted by Gasteiger charge is 2.15. The van der Waals surface area contributed by atoms with Crippen molar-refractivity contribution >= 4 is 27.6 Å². The van der Waals surface area contributed by atoms with Crippen LogP contribution in [-0.4, -0.2) is 52.0 Å². The van der Waals surface area contributed by atoms with Crippen LogP contribution in [0.5, 0.6) is 0 Å². The minimum absolute atomic E-state index is 0.0195. The van der Waals surface area contributed by atoms with Gasteiger partial charge in [0.15, 0.2) is 5.65 Å². The third kappa shape index (κ3) is 3.07. The van der Waals surface area contributed by atoms with Crippen LogP contribution in [0.3, 0.4) is 0 Å². The van der Waals surface area contributed by atoms with Crippen LogP contribution >= 0.6 is 0 Å². The van der Waals surface area contributed by atoms with E-state index in [1.807, 2.05) is 36.9 Å². The number of nitrogens with one attached hydrogen (secondary N) is 1. The summed E-state index contributed by atoms with van der Waals surface area (Å²) in [6.45, 7) is 3.97. The number of aromatic nitrogens is 3.